The van der Waals surface area contributed by atoms with Gasteiger partial charge in [-0.3, -0.25) is 0 Å². The molecule has 0 fully saturated rings. The van der Waals surface area contributed by atoms with Crippen molar-refractivity contribution in [2.24, 2.45) is 0 Å². The van der Waals surface area contributed by atoms with E-state index in [9.17, 15) is 9.90 Å². The molecule has 1 aromatic heterocycles. The standard InChI is InChI=1S/C17H16N4O2/c1-3-15-18-19-20-21(15)16-13(5-4-6-14(16)17(22)23)12-9-7-11(2)8-10-12/h4-10H,3H2,1-2H3,(H,22,23). The third-order valence-corrected chi connectivity index (χ3v) is 3.69. The number of carbonyl (C=O) groups is 1. The number of carboxylic acids is 1. The first-order valence-corrected chi connectivity index (χ1v) is 7.32. The molecule has 0 aliphatic rings. The fraction of sp³-hybridized carbons (Fsp3) is 0.176. The lowest BCUT2D eigenvalue weighted by Crippen LogP contribution is -2.11. The Hall–Kier alpha value is -3.02. The smallest absolute Gasteiger partial charge is 0.337 e. The molecule has 1 N–H and O–H groups in total. The van der Waals surface area contributed by atoms with Crippen molar-refractivity contribution in [1.82, 2.24) is 20.2 Å². The Morgan fingerprint density at radius 1 is 1.17 bits per heavy atom. The van der Waals surface area contributed by atoms with Crippen LogP contribution in [0.2, 0.25) is 0 Å². The molecule has 0 saturated heterocycles. The predicted molar refractivity (Wildman–Crippen MR) is 85.7 cm³/mol. The molecule has 0 saturated carbocycles. The third-order valence-electron chi connectivity index (χ3n) is 3.69. The minimum absolute atomic E-state index is 0.171. The van der Waals surface area contributed by atoms with Gasteiger partial charge in [-0.1, -0.05) is 48.9 Å². The Bertz CT molecular complexity index is 853. The van der Waals surface area contributed by atoms with Crippen LogP contribution in [0.25, 0.3) is 16.8 Å². The zero-order valence-electron chi connectivity index (χ0n) is 12.9. The summed E-state index contributed by atoms with van der Waals surface area (Å²) in [5, 5.41) is 21.2. The molecule has 1 heterocycles. The SMILES string of the molecule is CCc1nnnn1-c1c(C(=O)O)cccc1-c1ccc(C)cc1. The van der Waals surface area contributed by atoms with Gasteiger partial charge in [0, 0.05) is 12.0 Å². The number of hydrogen-bond donors (Lipinski definition) is 1. The molecule has 6 heteroatoms. The van der Waals surface area contributed by atoms with Crippen LogP contribution < -0.4 is 0 Å². The Kier molecular flexibility index (Phi) is 3.89. The highest BCUT2D eigenvalue weighted by Crippen LogP contribution is 2.30. The van der Waals surface area contributed by atoms with Crippen molar-refractivity contribution in [2.75, 3.05) is 0 Å². The number of hydrogen-bond acceptors (Lipinski definition) is 4. The molecule has 0 radical (unpaired) electrons. The van der Waals surface area contributed by atoms with Gasteiger partial charge in [-0.15, -0.1) is 5.10 Å². The lowest BCUT2D eigenvalue weighted by Gasteiger charge is -2.13. The predicted octanol–water partition coefficient (Wildman–Crippen LogP) is 2.90. The first kappa shape index (κ1) is 14.9. The first-order chi connectivity index (χ1) is 11.1. The summed E-state index contributed by atoms with van der Waals surface area (Å²) in [7, 11) is 0. The minimum Gasteiger partial charge on any atom is -0.478 e. The molecular formula is C17H16N4O2. The number of carboxylic acid groups (broad SMARTS) is 1. The zero-order chi connectivity index (χ0) is 16.4. The summed E-state index contributed by atoms with van der Waals surface area (Å²) in [6.07, 6.45) is 0.605. The summed E-state index contributed by atoms with van der Waals surface area (Å²) < 4.78 is 1.51. The van der Waals surface area contributed by atoms with Crippen LogP contribution in [-0.4, -0.2) is 31.3 Å². The van der Waals surface area contributed by atoms with Gasteiger partial charge in [-0.05, 0) is 29.0 Å². The van der Waals surface area contributed by atoms with Gasteiger partial charge < -0.3 is 5.11 Å². The van der Waals surface area contributed by atoms with Crippen LogP contribution in [0.5, 0.6) is 0 Å². The maximum atomic E-state index is 11.7. The van der Waals surface area contributed by atoms with Gasteiger partial charge in [0.25, 0.3) is 0 Å². The van der Waals surface area contributed by atoms with Gasteiger partial charge >= 0.3 is 5.97 Å². The second-order valence-electron chi connectivity index (χ2n) is 5.23. The molecular weight excluding hydrogens is 292 g/mol. The summed E-state index contributed by atoms with van der Waals surface area (Å²) in [6.45, 7) is 3.94. The zero-order valence-corrected chi connectivity index (χ0v) is 12.9. The Labute approximate surface area is 133 Å². The fourth-order valence-corrected chi connectivity index (χ4v) is 2.51. The third kappa shape index (κ3) is 2.70. The van der Waals surface area contributed by atoms with Gasteiger partial charge in [-0.25, -0.2) is 4.79 Å². The highest BCUT2D eigenvalue weighted by atomic mass is 16.4. The van der Waals surface area contributed by atoms with Gasteiger partial charge in [0.15, 0.2) is 5.82 Å². The largest absolute Gasteiger partial charge is 0.478 e. The van der Waals surface area contributed by atoms with E-state index < -0.39 is 5.97 Å². The number of tetrazole rings is 1. The second-order valence-corrected chi connectivity index (χ2v) is 5.23. The molecule has 0 amide bonds. The van der Waals surface area contributed by atoms with Crippen LogP contribution in [0.4, 0.5) is 0 Å². The van der Waals surface area contributed by atoms with Crippen LogP contribution in [0.1, 0.15) is 28.7 Å². The maximum absolute atomic E-state index is 11.7. The molecule has 0 aliphatic heterocycles. The van der Waals surface area contributed by atoms with Crippen LogP contribution in [0.3, 0.4) is 0 Å². The van der Waals surface area contributed by atoms with Crippen LogP contribution in [0, 0.1) is 6.92 Å². The monoisotopic (exact) mass is 308 g/mol. The van der Waals surface area contributed by atoms with Crippen molar-refractivity contribution in [3.8, 4) is 16.8 Å². The van der Waals surface area contributed by atoms with E-state index in [0.29, 0.717) is 17.9 Å². The summed E-state index contributed by atoms with van der Waals surface area (Å²) in [5.74, 6) is -0.390. The van der Waals surface area contributed by atoms with E-state index in [4.69, 9.17) is 0 Å². The maximum Gasteiger partial charge on any atom is 0.337 e. The molecule has 0 spiro atoms. The molecule has 0 unspecified atom stereocenters. The molecule has 116 valence electrons. The van der Waals surface area contributed by atoms with Crippen molar-refractivity contribution in [1.29, 1.82) is 0 Å². The molecule has 2 aromatic carbocycles. The Morgan fingerprint density at radius 3 is 2.57 bits per heavy atom. The van der Waals surface area contributed by atoms with Crippen molar-refractivity contribution >= 4 is 5.97 Å². The van der Waals surface area contributed by atoms with Gasteiger partial charge in [0.2, 0.25) is 0 Å². The highest BCUT2D eigenvalue weighted by Gasteiger charge is 2.20. The fourth-order valence-electron chi connectivity index (χ4n) is 2.51. The lowest BCUT2D eigenvalue weighted by molar-refractivity contribution is 0.0696. The summed E-state index contributed by atoms with van der Waals surface area (Å²) in [6, 6.07) is 13.1. The lowest BCUT2D eigenvalue weighted by atomic mass is 9.99. The topological polar surface area (TPSA) is 80.9 Å². The Balaban J connectivity index is 2.30. The number of nitrogens with zero attached hydrogens (tertiary/aromatic N) is 4. The van der Waals surface area contributed by atoms with Crippen LogP contribution in [-0.2, 0) is 6.42 Å². The van der Waals surface area contributed by atoms with Crippen molar-refractivity contribution < 1.29 is 9.90 Å². The van der Waals surface area contributed by atoms with Gasteiger partial charge in [0.1, 0.15) is 0 Å². The molecule has 6 nitrogen and oxygen atoms in total. The van der Waals surface area contributed by atoms with Gasteiger partial charge in [0.05, 0.1) is 11.3 Å². The average Bonchev–Trinajstić information content (AvgIpc) is 3.03. The van der Waals surface area contributed by atoms with E-state index in [1.165, 1.54) is 4.68 Å². The van der Waals surface area contributed by atoms with E-state index in [1.54, 1.807) is 12.1 Å². The highest BCUT2D eigenvalue weighted by molar-refractivity contribution is 5.96. The molecule has 0 aliphatic carbocycles. The van der Waals surface area contributed by atoms with E-state index in [2.05, 4.69) is 15.5 Å². The number of aromatic nitrogens is 4. The summed E-state index contributed by atoms with van der Waals surface area (Å²) in [5.41, 5.74) is 3.51. The van der Waals surface area contributed by atoms with Crippen molar-refractivity contribution in [3.63, 3.8) is 0 Å². The first-order valence-electron chi connectivity index (χ1n) is 7.32. The Morgan fingerprint density at radius 2 is 1.91 bits per heavy atom. The molecule has 23 heavy (non-hydrogen) atoms. The van der Waals surface area contributed by atoms with E-state index in [-0.39, 0.29) is 5.56 Å². The molecule has 0 atom stereocenters. The summed E-state index contributed by atoms with van der Waals surface area (Å²) in [4.78, 5) is 11.7. The van der Waals surface area contributed by atoms with Crippen molar-refractivity contribution in [3.05, 3.63) is 59.4 Å². The van der Waals surface area contributed by atoms with Crippen molar-refractivity contribution in [2.45, 2.75) is 20.3 Å². The molecule has 3 aromatic rings. The number of aryl methyl sites for hydroxylation is 2. The number of benzene rings is 2. The molecule has 0 bridgehead atoms. The minimum atomic E-state index is -1.01. The van der Waals surface area contributed by atoms with E-state index >= 15 is 0 Å². The average molecular weight is 308 g/mol. The van der Waals surface area contributed by atoms with E-state index in [0.717, 1.165) is 16.7 Å². The summed E-state index contributed by atoms with van der Waals surface area (Å²) >= 11 is 0. The normalized spacial score (nSPS) is 10.7. The van der Waals surface area contributed by atoms with Crippen LogP contribution in [0.15, 0.2) is 42.5 Å². The second kappa shape index (κ2) is 6.00. The number of para-hydroxylation sites is 1. The number of rotatable bonds is 4. The number of aromatic carboxylic acids is 1. The van der Waals surface area contributed by atoms with Gasteiger partial charge in [-0.2, -0.15) is 4.68 Å². The van der Waals surface area contributed by atoms with Crippen LogP contribution >= 0.6 is 0 Å². The quantitative estimate of drug-likeness (QED) is 0.801. The molecule has 3 rings (SSSR count). The van der Waals surface area contributed by atoms with E-state index in [1.807, 2.05) is 44.2 Å².